The predicted molar refractivity (Wildman–Crippen MR) is 75.0 cm³/mol. The van der Waals surface area contributed by atoms with Crippen molar-refractivity contribution in [3.63, 3.8) is 0 Å². The maximum absolute atomic E-state index is 12.1. The van der Waals surface area contributed by atoms with E-state index in [1.807, 2.05) is 33.0 Å². The van der Waals surface area contributed by atoms with E-state index in [0.717, 1.165) is 22.6 Å². The Morgan fingerprint density at radius 2 is 2.00 bits per heavy atom. The molecule has 5 heteroatoms. The van der Waals surface area contributed by atoms with Crippen LogP contribution in [-0.2, 0) is 17.8 Å². The number of hydrogen-bond acceptors (Lipinski definition) is 4. The Balaban J connectivity index is 1.89. The molecule has 20 heavy (non-hydrogen) atoms. The summed E-state index contributed by atoms with van der Waals surface area (Å²) >= 11 is 0. The van der Waals surface area contributed by atoms with Crippen LogP contribution >= 0.6 is 0 Å². The summed E-state index contributed by atoms with van der Waals surface area (Å²) in [4.78, 5) is 17.8. The van der Waals surface area contributed by atoms with Crippen molar-refractivity contribution in [1.82, 2.24) is 15.0 Å². The Labute approximate surface area is 118 Å². The van der Waals surface area contributed by atoms with Gasteiger partial charge in [-0.05, 0) is 38.0 Å². The number of hydrogen-bond donors (Lipinski definition) is 0. The van der Waals surface area contributed by atoms with E-state index < -0.39 is 0 Å². The minimum absolute atomic E-state index is 0.113. The molecule has 5 nitrogen and oxygen atoms in total. The molecule has 106 valence electrons. The number of amides is 1. The Morgan fingerprint density at radius 3 is 2.60 bits per heavy atom. The second-order valence-electron chi connectivity index (χ2n) is 4.91. The first kappa shape index (κ1) is 14.2. The van der Waals surface area contributed by atoms with Crippen LogP contribution in [0.15, 0.2) is 29.0 Å². The number of aromatic nitrogens is 2. The number of pyridine rings is 1. The monoisotopic (exact) mass is 273 g/mol. The van der Waals surface area contributed by atoms with Gasteiger partial charge in [-0.3, -0.25) is 9.78 Å². The second kappa shape index (κ2) is 6.32. The zero-order chi connectivity index (χ0) is 14.5. The summed E-state index contributed by atoms with van der Waals surface area (Å²) in [6, 6.07) is 3.83. The van der Waals surface area contributed by atoms with Crippen LogP contribution in [0, 0.1) is 13.8 Å². The van der Waals surface area contributed by atoms with Gasteiger partial charge in [0.05, 0.1) is 5.69 Å². The van der Waals surface area contributed by atoms with Crippen LogP contribution in [0.3, 0.4) is 0 Å². The van der Waals surface area contributed by atoms with E-state index in [-0.39, 0.29) is 5.91 Å². The molecule has 0 atom stereocenters. The van der Waals surface area contributed by atoms with Gasteiger partial charge in [-0.15, -0.1) is 0 Å². The SMILES string of the molecule is Cc1noc(C)c1CCC(=O)N(C)Cc1ccncc1. The molecule has 1 amide bonds. The lowest BCUT2D eigenvalue weighted by Gasteiger charge is -2.17. The van der Waals surface area contributed by atoms with Gasteiger partial charge in [-0.2, -0.15) is 0 Å². The molecule has 0 bridgehead atoms. The molecular formula is C15H19N3O2. The van der Waals surface area contributed by atoms with Crippen LogP contribution < -0.4 is 0 Å². The summed E-state index contributed by atoms with van der Waals surface area (Å²) in [5, 5.41) is 3.90. The molecule has 0 aromatic carbocycles. The third-order valence-electron chi connectivity index (χ3n) is 3.36. The number of carbonyl (C=O) groups is 1. The van der Waals surface area contributed by atoms with Crippen LogP contribution in [0.2, 0.25) is 0 Å². The molecule has 2 aromatic rings. The van der Waals surface area contributed by atoms with Gasteiger partial charge in [0, 0.05) is 38.0 Å². The van der Waals surface area contributed by atoms with Crippen molar-refractivity contribution in [3.05, 3.63) is 47.1 Å². The second-order valence-corrected chi connectivity index (χ2v) is 4.91. The summed E-state index contributed by atoms with van der Waals surface area (Å²) in [6.07, 6.45) is 4.60. The van der Waals surface area contributed by atoms with Crippen molar-refractivity contribution in [2.45, 2.75) is 33.2 Å². The van der Waals surface area contributed by atoms with Gasteiger partial charge in [-0.1, -0.05) is 5.16 Å². The van der Waals surface area contributed by atoms with E-state index in [4.69, 9.17) is 4.52 Å². The van der Waals surface area contributed by atoms with Gasteiger partial charge in [0.1, 0.15) is 5.76 Å². The standard InChI is InChI=1S/C15H19N3O2/c1-11-14(12(2)20-17-11)4-5-15(19)18(3)10-13-6-8-16-9-7-13/h6-9H,4-5,10H2,1-3H3. The van der Waals surface area contributed by atoms with Crippen LogP contribution in [0.5, 0.6) is 0 Å². The molecule has 0 aliphatic heterocycles. The number of carbonyl (C=O) groups excluding carboxylic acids is 1. The summed E-state index contributed by atoms with van der Waals surface area (Å²) < 4.78 is 5.10. The lowest BCUT2D eigenvalue weighted by molar-refractivity contribution is -0.130. The minimum Gasteiger partial charge on any atom is -0.361 e. The molecule has 0 unspecified atom stereocenters. The third-order valence-corrected chi connectivity index (χ3v) is 3.36. The van der Waals surface area contributed by atoms with Gasteiger partial charge < -0.3 is 9.42 Å². The maximum Gasteiger partial charge on any atom is 0.222 e. The average Bonchev–Trinajstić information content (AvgIpc) is 2.76. The highest BCUT2D eigenvalue weighted by atomic mass is 16.5. The van der Waals surface area contributed by atoms with E-state index in [2.05, 4.69) is 10.1 Å². The van der Waals surface area contributed by atoms with Gasteiger partial charge in [0.2, 0.25) is 5.91 Å². The van der Waals surface area contributed by atoms with Crippen molar-refractivity contribution in [2.75, 3.05) is 7.05 Å². The Kier molecular flexibility index (Phi) is 4.50. The van der Waals surface area contributed by atoms with E-state index >= 15 is 0 Å². The number of aryl methyl sites for hydroxylation is 2. The first-order valence-electron chi connectivity index (χ1n) is 6.62. The van der Waals surface area contributed by atoms with E-state index in [0.29, 0.717) is 19.4 Å². The van der Waals surface area contributed by atoms with Crippen molar-refractivity contribution in [1.29, 1.82) is 0 Å². The highest BCUT2D eigenvalue weighted by Gasteiger charge is 2.13. The Morgan fingerprint density at radius 1 is 1.30 bits per heavy atom. The summed E-state index contributed by atoms with van der Waals surface area (Å²) in [7, 11) is 1.82. The zero-order valence-corrected chi connectivity index (χ0v) is 12.1. The van der Waals surface area contributed by atoms with Crippen LogP contribution in [0.4, 0.5) is 0 Å². The predicted octanol–water partition coefficient (Wildman–Crippen LogP) is 2.28. The summed E-state index contributed by atoms with van der Waals surface area (Å²) in [5.41, 5.74) is 2.98. The van der Waals surface area contributed by atoms with E-state index in [1.54, 1.807) is 17.3 Å². The molecule has 0 spiro atoms. The molecule has 0 aliphatic carbocycles. The molecule has 2 aromatic heterocycles. The third kappa shape index (κ3) is 3.44. The average molecular weight is 273 g/mol. The quantitative estimate of drug-likeness (QED) is 0.838. The maximum atomic E-state index is 12.1. The molecular weight excluding hydrogens is 254 g/mol. The van der Waals surface area contributed by atoms with E-state index in [1.165, 1.54) is 0 Å². The highest BCUT2D eigenvalue weighted by molar-refractivity contribution is 5.76. The van der Waals surface area contributed by atoms with Gasteiger partial charge in [0.15, 0.2) is 0 Å². The smallest absolute Gasteiger partial charge is 0.222 e. The summed E-state index contributed by atoms with van der Waals surface area (Å²) in [6.45, 7) is 4.38. The lowest BCUT2D eigenvalue weighted by Crippen LogP contribution is -2.26. The molecule has 0 saturated carbocycles. The molecule has 0 fully saturated rings. The van der Waals surface area contributed by atoms with Crippen molar-refractivity contribution < 1.29 is 9.32 Å². The number of nitrogens with zero attached hydrogens (tertiary/aromatic N) is 3. The van der Waals surface area contributed by atoms with E-state index in [9.17, 15) is 4.79 Å². The fraction of sp³-hybridized carbons (Fsp3) is 0.400. The normalized spacial score (nSPS) is 10.6. The molecule has 2 heterocycles. The van der Waals surface area contributed by atoms with Gasteiger partial charge >= 0.3 is 0 Å². The molecule has 0 saturated heterocycles. The fourth-order valence-electron chi connectivity index (χ4n) is 2.13. The molecule has 0 radical (unpaired) electrons. The molecule has 2 rings (SSSR count). The Bertz CT molecular complexity index is 559. The van der Waals surface area contributed by atoms with Crippen LogP contribution in [0.1, 0.15) is 29.0 Å². The van der Waals surface area contributed by atoms with Crippen molar-refractivity contribution in [2.24, 2.45) is 0 Å². The molecule has 0 N–H and O–H groups in total. The topological polar surface area (TPSA) is 59.2 Å². The Hall–Kier alpha value is -2.17. The first-order valence-corrected chi connectivity index (χ1v) is 6.62. The summed E-state index contributed by atoms with van der Waals surface area (Å²) in [5.74, 6) is 0.911. The van der Waals surface area contributed by atoms with Crippen LogP contribution in [-0.4, -0.2) is 28.0 Å². The lowest BCUT2D eigenvalue weighted by atomic mass is 10.1. The molecule has 0 aliphatic rings. The van der Waals surface area contributed by atoms with Gasteiger partial charge in [0.25, 0.3) is 0 Å². The van der Waals surface area contributed by atoms with Crippen molar-refractivity contribution >= 4 is 5.91 Å². The van der Waals surface area contributed by atoms with Crippen molar-refractivity contribution in [3.8, 4) is 0 Å². The highest BCUT2D eigenvalue weighted by Crippen LogP contribution is 2.15. The van der Waals surface area contributed by atoms with Crippen LogP contribution in [0.25, 0.3) is 0 Å². The first-order chi connectivity index (χ1) is 9.58. The van der Waals surface area contributed by atoms with Gasteiger partial charge in [-0.25, -0.2) is 0 Å². The number of rotatable bonds is 5. The fourth-order valence-corrected chi connectivity index (χ4v) is 2.13. The largest absolute Gasteiger partial charge is 0.361 e. The minimum atomic E-state index is 0.113. The zero-order valence-electron chi connectivity index (χ0n) is 12.1.